The van der Waals surface area contributed by atoms with Gasteiger partial charge in [0.2, 0.25) is 5.91 Å². The summed E-state index contributed by atoms with van der Waals surface area (Å²) >= 11 is 1.55. The summed E-state index contributed by atoms with van der Waals surface area (Å²) in [5.41, 5.74) is 0. The molecule has 2 aromatic rings. The maximum atomic E-state index is 11.8. The summed E-state index contributed by atoms with van der Waals surface area (Å²) in [4.78, 5) is 24.3. The Morgan fingerprint density at radius 2 is 2.35 bits per heavy atom. The van der Waals surface area contributed by atoms with E-state index in [1.54, 1.807) is 18.3 Å². The van der Waals surface area contributed by atoms with Gasteiger partial charge in [0, 0.05) is 4.88 Å². The molecule has 2 aromatic heterocycles. The van der Waals surface area contributed by atoms with E-state index < -0.39 is 5.97 Å². The first-order valence-electron chi connectivity index (χ1n) is 5.93. The fraction of sp³-hybridized carbons (Fsp3) is 0.364. The Bertz CT molecular complexity index is 581. The molecule has 1 N–H and O–H groups in total. The predicted octanol–water partition coefficient (Wildman–Crippen LogP) is 0.228. The molecule has 2 heterocycles. The van der Waals surface area contributed by atoms with Gasteiger partial charge in [0.25, 0.3) is 5.82 Å². The molecule has 0 radical (unpaired) electrons. The first-order valence-corrected chi connectivity index (χ1v) is 6.81. The zero-order chi connectivity index (χ0) is 14.4. The summed E-state index contributed by atoms with van der Waals surface area (Å²) in [6, 6.07) is 3.83. The highest BCUT2D eigenvalue weighted by atomic mass is 32.1. The number of ether oxygens (including phenoxy) is 1. The number of nitrogens with one attached hydrogen (secondary N) is 1. The van der Waals surface area contributed by atoms with E-state index in [1.807, 2.05) is 17.5 Å². The van der Waals surface area contributed by atoms with Gasteiger partial charge in [-0.3, -0.25) is 4.79 Å². The lowest BCUT2D eigenvalue weighted by atomic mass is 10.4. The van der Waals surface area contributed by atoms with E-state index in [2.05, 4.69) is 20.8 Å². The second kappa shape index (κ2) is 6.75. The summed E-state index contributed by atoms with van der Waals surface area (Å²) < 4.78 is 5.91. The van der Waals surface area contributed by atoms with Crippen LogP contribution < -0.4 is 5.32 Å². The quantitative estimate of drug-likeness (QED) is 0.766. The Kier molecular flexibility index (Phi) is 4.77. The van der Waals surface area contributed by atoms with Gasteiger partial charge in [-0.25, -0.2) is 9.48 Å². The summed E-state index contributed by atoms with van der Waals surface area (Å²) in [6.45, 7) is 2.20. The van der Waals surface area contributed by atoms with Crippen molar-refractivity contribution in [3.8, 4) is 0 Å². The first-order chi connectivity index (χ1) is 9.70. The molecule has 0 aliphatic heterocycles. The molecule has 8 nitrogen and oxygen atoms in total. The Morgan fingerprint density at radius 3 is 3.05 bits per heavy atom. The van der Waals surface area contributed by atoms with Crippen LogP contribution in [0.25, 0.3) is 0 Å². The standard InChI is InChI=1S/C11H13N5O3S/c1-2-19-11(18)10-13-14-15-16(10)7-9(17)12-6-8-4-3-5-20-8/h3-5H,2,6-7H2,1H3,(H,12,17). The van der Waals surface area contributed by atoms with Crippen LogP contribution in [0.3, 0.4) is 0 Å². The molecule has 0 spiro atoms. The van der Waals surface area contributed by atoms with Crippen LogP contribution >= 0.6 is 11.3 Å². The molecule has 0 saturated heterocycles. The van der Waals surface area contributed by atoms with Crippen molar-refractivity contribution in [2.24, 2.45) is 0 Å². The van der Waals surface area contributed by atoms with Crippen LogP contribution in [-0.2, 0) is 22.6 Å². The minimum atomic E-state index is -0.649. The summed E-state index contributed by atoms with van der Waals surface area (Å²) in [7, 11) is 0. The summed E-state index contributed by atoms with van der Waals surface area (Å²) in [5, 5.41) is 15.2. The molecule has 9 heteroatoms. The Morgan fingerprint density at radius 1 is 1.50 bits per heavy atom. The smallest absolute Gasteiger partial charge is 0.378 e. The summed E-state index contributed by atoms with van der Waals surface area (Å²) in [6.07, 6.45) is 0. The van der Waals surface area contributed by atoms with Gasteiger partial charge < -0.3 is 10.1 Å². The Labute approximate surface area is 118 Å². The van der Waals surface area contributed by atoms with Crippen molar-refractivity contribution < 1.29 is 14.3 Å². The molecule has 0 aromatic carbocycles. The van der Waals surface area contributed by atoms with Crippen molar-refractivity contribution >= 4 is 23.2 Å². The number of hydrogen-bond acceptors (Lipinski definition) is 7. The second-order valence-corrected chi connectivity index (χ2v) is 4.77. The van der Waals surface area contributed by atoms with E-state index in [-0.39, 0.29) is 24.9 Å². The lowest BCUT2D eigenvalue weighted by Crippen LogP contribution is -2.29. The number of carbonyl (C=O) groups is 2. The lowest BCUT2D eigenvalue weighted by molar-refractivity contribution is -0.122. The molecule has 0 fully saturated rings. The maximum Gasteiger partial charge on any atom is 0.378 e. The van der Waals surface area contributed by atoms with Gasteiger partial charge in [-0.1, -0.05) is 6.07 Å². The van der Waals surface area contributed by atoms with Crippen LogP contribution in [0.15, 0.2) is 17.5 Å². The number of nitrogens with zero attached hydrogens (tertiary/aromatic N) is 4. The molecule has 0 unspecified atom stereocenters. The largest absolute Gasteiger partial charge is 0.460 e. The number of amides is 1. The zero-order valence-electron chi connectivity index (χ0n) is 10.8. The third-order valence-corrected chi connectivity index (χ3v) is 3.20. The third-order valence-electron chi connectivity index (χ3n) is 2.32. The van der Waals surface area contributed by atoms with Crippen molar-refractivity contribution in [3.05, 3.63) is 28.2 Å². The SMILES string of the molecule is CCOC(=O)c1nnnn1CC(=O)NCc1cccs1. The van der Waals surface area contributed by atoms with Gasteiger partial charge in [-0.15, -0.1) is 16.4 Å². The molecule has 106 valence electrons. The molecular formula is C11H13N5O3S. The molecule has 0 atom stereocenters. The topological polar surface area (TPSA) is 99.0 Å². The van der Waals surface area contributed by atoms with E-state index in [0.717, 1.165) is 9.56 Å². The molecule has 0 bridgehead atoms. The highest BCUT2D eigenvalue weighted by Crippen LogP contribution is 2.07. The maximum absolute atomic E-state index is 11.8. The van der Waals surface area contributed by atoms with Crippen LogP contribution in [-0.4, -0.2) is 38.7 Å². The first kappa shape index (κ1) is 14.1. The minimum absolute atomic E-state index is 0.0851. The fourth-order valence-electron chi connectivity index (χ4n) is 1.44. The predicted molar refractivity (Wildman–Crippen MR) is 69.9 cm³/mol. The van der Waals surface area contributed by atoms with E-state index in [9.17, 15) is 9.59 Å². The van der Waals surface area contributed by atoms with E-state index >= 15 is 0 Å². The van der Waals surface area contributed by atoms with Crippen molar-refractivity contribution in [1.82, 2.24) is 25.5 Å². The number of carbonyl (C=O) groups excluding carboxylic acids is 2. The number of tetrazole rings is 1. The Balaban J connectivity index is 1.91. The number of esters is 1. The van der Waals surface area contributed by atoms with Crippen LogP contribution in [0, 0.1) is 0 Å². The number of thiophene rings is 1. The average molecular weight is 295 g/mol. The van der Waals surface area contributed by atoms with Gasteiger partial charge in [0.05, 0.1) is 13.2 Å². The molecular weight excluding hydrogens is 282 g/mol. The van der Waals surface area contributed by atoms with Crippen LogP contribution in [0.1, 0.15) is 22.4 Å². The normalized spacial score (nSPS) is 10.2. The van der Waals surface area contributed by atoms with Crippen LogP contribution in [0.5, 0.6) is 0 Å². The average Bonchev–Trinajstić information content (AvgIpc) is 3.07. The van der Waals surface area contributed by atoms with Crippen molar-refractivity contribution in [3.63, 3.8) is 0 Å². The number of aromatic nitrogens is 4. The van der Waals surface area contributed by atoms with Crippen LogP contribution in [0.4, 0.5) is 0 Å². The molecule has 0 aliphatic rings. The van der Waals surface area contributed by atoms with Crippen molar-refractivity contribution in [1.29, 1.82) is 0 Å². The highest BCUT2D eigenvalue weighted by Gasteiger charge is 2.18. The summed E-state index contributed by atoms with van der Waals surface area (Å²) in [5.74, 6) is -1.02. The van der Waals surface area contributed by atoms with Gasteiger partial charge in [-0.05, 0) is 28.8 Å². The van der Waals surface area contributed by atoms with Gasteiger partial charge >= 0.3 is 5.97 Å². The zero-order valence-corrected chi connectivity index (χ0v) is 11.6. The molecule has 0 saturated carbocycles. The van der Waals surface area contributed by atoms with E-state index in [0.29, 0.717) is 6.54 Å². The van der Waals surface area contributed by atoms with Crippen molar-refractivity contribution in [2.75, 3.05) is 6.61 Å². The van der Waals surface area contributed by atoms with E-state index in [1.165, 1.54) is 0 Å². The number of hydrogen-bond donors (Lipinski definition) is 1. The Hall–Kier alpha value is -2.29. The highest BCUT2D eigenvalue weighted by molar-refractivity contribution is 7.09. The van der Waals surface area contributed by atoms with Crippen LogP contribution in [0.2, 0.25) is 0 Å². The lowest BCUT2D eigenvalue weighted by Gasteiger charge is -2.05. The minimum Gasteiger partial charge on any atom is -0.460 e. The van der Waals surface area contributed by atoms with Gasteiger partial charge in [0.1, 0.15) is 6.54 Å². The third kappa shape index (κ3) is 3.60. The van der Waals surface area contributed by atoms with E-state index in [4.69, 9.17) is 4.74 Å². The monoisotopic (exact) mass is 295 g/mol. The number of rotatable bonds is 6. The fourth-order valence-corrected chi connectivity index (χ4v) is 2.09. The molecule has 1 amide bonds. The van der Waals surface area contributed by atoms with Crippen molar-refractivity contribution in [2.45, 2.75) is 20.0 Å². The molecule has 0 aliphatic carbocycles. The molecule has 2 rings (SSSR count). The van der Waals surface area contributed by atoms with Gasteiger partial charge in [-0.2, -0.15) is 0 Å². The van der Waals surface area contributed by atoms with Gasteiger partial charge in [0.15, 0.2) is 0 Å². The molecule has 20 heavy (non-hydrogen) atoms. The second-order valence-electron chi connectivity index (χ2n) is 3.74.